The summed E-state index contributed by atoms with van der Waals surface area (Å²) in [4.78, 5) is 28.6. The summed E-state index contributed by atoms with van der Waals surface area (Å²) in [5, 5.41) is 4.51. The third kappa shape index (κ3) is 8.74. The Labute approximate surface area is 232 Å². The van der Waals surface area contributed by atoms with E-state index >= 15 is 0 Å². The van der Waals surface area contributed by atoms with Gasteiger partial charge in [-0.3, -0.25) is 9.59 Å². The molecule has 0 saturated carbocycles. The summed E-state index contributed by atoms with van der Waals surface area (Å²) >= 11 is 19.8. The summed E-state index contributed by atoms with van der Waals surface area (Å²) in [6, 6.07) is 21.9. The molecule has 1 N–H and O–H groups in total. The van der Waals surface area contributed by atoms with Crippen molar-refractivity contribution in [3.8, 4) is 0 Å². The first-order chi connectivity index (χ1) is 17.4. The van der Waals surface area contributed by atoms with Gasteiger partial charge in [0.1, 0.15) is 6.04 Å². The van der Waals surface area contributed by atoms with Crippen molar-refractivity contribution < 1.29 is 9.59 Å². The molecule has 0 heterocycles. The Kier molecular flexibility index (Phi) is 11.5. The van der Waals surface area contributed by atoms with Crippen molar-refractivity contribution in [2.75, 3.05) is 12.3 Å². The number of nitrogens with zero attached hydrogens (tertiary/aromatic N) is 1. The van der Waals surface area contributed by atoms with Crippen molar-refractivity contribution in [1.29, 1.82) is 0 Å². The van der Waals surface area contributed by atoms with E-state index in [9.17, 15) is 9.59 Å². The number of thioether (sulfide) groups is 1. The van der Waals surface area contributed by atoms with Crippen LogP contribution in [-0.4, -0.2) is 35.1 Å². The van der Waals surface area contributed by atoms with E-state index < -0.39 is 6.04 Å². The van der Waals surface area contributed by atoms with Crippen molar-refractivity contribution in [2.24, 2.45) is 0 Å². The van der Waals surface area contributed by atoms with Crippen LogP contribution < -0.4 is 5.32 Å². The first-order valence-corrected chi connectivity index (χ1v) is 14.0. The van der Waals surface area contributed by atoms with E-state index in [0.29, 0.717) is 33.8 Å². The SMILES string of the molecule is CCCNC(=O)[C@H](Cc1ccccc1)N(Cc1ccc(Cl)c(Cl)c1)C(=O)CSCc1ccc(Cl)cc1. The van der Waals surface area contributed by atoms with Gasteiger partial charge < -0.3 is 10.2 Å². The van der Waals surface area contributed by atoms with E-state index in [1.165, 1.54) is 11.8 Å². The van der Waals surface area contributed by atoms with Crippen LogP contribution in [0.3, 0.4) is 0 Å². The number of benzene rings is 3. The lowest BCUT2D eigenvalue weighted by molar-refractivity contribution is -0.139. The maximum atomic E-state index is 13.6. The zero-order valence-electron chi connectivity index (χ0n) is 20.1. The molecule has 0 aliphatic heterocycles. The number of hydrogen-bond donors (Lipinski definition) is 1. The summed E-state index contributed by atoms with van der Waals surface area (Å²) in [5.41, 5.74) is 2.87. The first kappa shape index (κ1) is 28.4. The molecule has 0 unspecified atom stereocenters. The van der Waals surface area contributed by atoms with E-state index in [1.807, 2.05) is 67.6 Å². The molecule has 0 fully saturated rings. The highest BCUT2D eigenvalue weighted by Gasteiger charge is 2.30. The zero-order valence-corrected chi connectivity index (χ0v) is 23.1. The number of nitrogens with one attached hydrogen (secondary N) is 1. The second-order valence-corrected chi connectivity index (χ2v) is 10.6. The van der Waals surface area contributed by atoms with Gasteiger partial charge in [-0.05, 0) is 47.4 Å². The normalized spacial score (nSPS) is 11.7. The molecule has 3 aromatic carbocycles. The second-order valence-electron chi connectivity index (χ2n) is 8.39. The van der Waals surface area contributed by atoms with E-state index in [-0.39, 0.29) is 24.1 Å². The quantitative estimate of drug-likeness (QED) is 0.257. The molecule has 0 bridgehead atoms. The van der Waals surface area contributed by atoms with E-state index in [2.05, 4.69) is 5.32 Å². The largest absolute Gasteiger partial charge is 0.354 e. The van der Waals surface area contributed by atoms with E-state index in [1.54, 1.807) is 17.0 Å². The molecule has 3 rings (SSSR count). The average molecular weight is 564 g/mol. The van der Waals surface area contributed by atoms with Crippen LogP contribution >= 0.6 is 46.6 Å². The zero-order chi connectivity index (χ0) is 25.9. The van der Waals surface area contributed by atoms with Crippen LogP contribution in [-0.2, 0) is 28.3 Å². The minimum Gasteiger partial charge on any atom is -0.354 e. The molecule has 4 nitrogen and oxygen atoms in total. The van der Waals surface area contributed by atoms with Crippen molar-refractivity contribution in [3.05, 3.63) is 105 Å². The van der Waals surface area contributed by atoms with Crippen molar-refractivity contribution in [1.82, 2.24) is 10.2 Å². The fraction of sp³-hybridized carbons (Fsp3) is 0.286. The molecule has 0 aromatic heterocycles. The topological polar surface area (TPSA) is 49.4 Å². The van der Waals surface area contributed by atoms with Crippen molar-refractivity contribution in [3.63, 3.8) is 0 Å². The number of rotatable bonds is 12. The Bertz CT molecular complexity index is 1140. The number of hydrogen-bond acceptors (Lipinski definition) is 3. The summed E-state index contributed by atoms with van der Waals surface area (Å²) in [6.45, 7) is 2.79. The molecule has 0 aliphatic carbocycles. The Balaban J connectivity index is 1.84. The number of carbonyl (C=O) groups is 2. The van der Waals surface area contributed by atoms with Gasteiger partial charge in [0.15, 0.2) is 0 Å². The lowest BCUT2D eigenvalue weighted by Crippen LogP contribution is -2.51. The summed E-state index contributed by atoms with van der Waals surface area (Å²) in [5.74, 6) is 0.606. The van der Waals surface area contributed by atoms with E-state index in [4.69, 9.17) is 34.8 Å². The van der Waals surface area contributed by atoms with Crippen LogP contribution in [0.5, 0.6) is 0 Å². The number of halogens is 3. The molecule has 0 radical (unpaired) electrons. The fourth-order valence-electron chi connectivity index (χ4n) is 3.67. The lowest BCUT2D eigenvalue weighted by atomic mass is 10.0. The summed E-state index contributed by atoms with van der Waals surface area (Å²) < 4.78 is 0. The maximum absolute atomic E-state index is 13.6. The fourth-order valence-corrected chi connectivity index (χ4v) is 4.99. The van der Waals surface area contributed by atoms with Gasteiger partial charge in [-0.15, -0.1) is 11.8 Å². The van der Waals surface area contributed by atoms with Gasteiger partial charge in [-0.25, -0.2) is 0 Å². The highest BCUT2D eigenvalue weighted by Crippen LogP contribution is 2.25. The second kappa shape index (κ2) is 14.5. The van der Waals surface area contributed by atoms with E-state index in [0.717, 1.165) is 23.1 Å². The van der Waals surface area contributed by atoms with Gasteiger partial charge in [0, 0.05) is 30.3 Å². The Hall–Kier alpha value is -2.18. The summed E-state index contributed by atoms with van der Waals surface area (Å²) in [6.07, 6.45) is 1.22. The molecule has 0 spiro atoms. The Morgan fingerprint density at radius 1 is 0.889 bits per heavy atom. The van der Waals surface area contributed by atoms with Gasteiger partial charge in [-0.1, -0.05) is 90.3 Å². The molecular weight excluding hydrogens is 535 g/mol. The Morgan fingerprint density at radius 2 is 1.58 bits per heavy atom. The average Bonchev–Trinajstić information content (AvgIpc) is 2.88. The van der Waals surface area contributed by atoms with Gasteiger partial charge in [0.25, 0.3) is 0 Å². The monoisotopic (exact) mass is 562 g/mol. The molecule has 8 heteroatoms. The predicted molar refractivity (Wildman–Crippen MR) is 152 cm³/mol. The van der Waals surface area contributed by atoms with Crippen molar-refractivity contribution >= 4 is 58.4 Å². The minimum absolute atomic E-state index is 0.118. The maximum Gasteiger partial charge on any atom is 0.243 e. The molecule has 0 saturated heterocycles. The lowest BCUT2D eigenvalue weighted by Gasteiger charge is -2.31. The third-order valence-electron chi connectivity index (χ3n) is 5.56. The van der Waals surface area contributed by atoms with Crippen LogP contribution in [0.4, 0.5) is 0 Å². The molecular formula is C28H29Cl3N2O2S. The number of amides is 2. The van der Waals surface area contributed by atoms with Gasteiger partial charge in [0.2, 0.25) is 11.8 Å². The standard InChI is InChI=1S/C28H29Cl3N2O2S/c1-2-14-32-28(35)26(16-20-6-4-3-5-7-20)33(17-22-10-13-24(30)25(31)15-22)27(34)19-36-18-21-8-11-23(29)12-9-21/h3-13,15,26H,2,14,16-19H2,1H3,(H,32,35)/t26-/m0/s1. The van der Waals surface area contributed by atoms with Crippen molar-refractivity contribution in [2.45, 2.75) is 38.1 Å². The smallest absolute Gasteiger partial charge is 0.243 e. The molecule has 1 atom stereocenters. The van der Waals surface area contributed by atoms with Crippen LogP contribution in [0.25, 0.3) is 0 Å². The minimum atomic E-state index is -0.669. The highest BCUT2D eigenvalue weighted by molar-refractivity contribution is 7.99. The van der Waals surface area contributed by atoms with Crippen LogP contribution in [0.2, 0.25) is 15.1 Å². The molecule has 190 valence electrons. The van der Waals surface area contributed by atoms with Crippen LogP contribution in [0, 0.1) is 0 Å². The summed E-state index contributed by atoms with van der Waals surface area (Å²) in [7, 11) is 0. The predicted octanol–water partition coefficient (Wildman–Crippen LogP) is 7.05. The first-order valence-electron chi connectivity index (χ1n) is 11.7. The van der Waals surface area contributed by atoms with Gasteiger partial charge in [0.05, 0.1) is 15.8 Å². The van der Waals surface area contributed by atoms with Crippen LogP contribution in [0.1, 0.15) is 30.0 Å². The molecule has 0 aliphatic rings. The Morgan fingerprint density at radius 3 is 2.25 bits per heavy atom. The molecule has 3 aromatic rings. The highest BCUT2D eigenvalue weighted by atomic mass is 35.5. The van der Waals surface area contributed by atoms with Gasteiger partial charge >= 0.3 is 0 Å². The number of carbonyl (C=O) groups excluding carboxylic acids is 2. The van der Waals surface area contributed by atoms with Gasteiger partial charge in [-0.2, -0.15) is 0 Å². The molecule has 2 amide bonds. The van der Waals surface area contributed by atoms with Crippen LogP contribution in [0.15, 0.2) is 72.8 Å². The third-order valence-corrected chi connectivity index (χ3v) is 7.54. The molecule has 36 heavy (non-hydrogen) atoms.